The van der Waals surface area contributed by atoms with Crippen LogP contribution >= 0.6 is 23.2 Å². The minimum atomic E-state index is -1.34. The van der Waals surface area contributed by atoms with Crippen LogP contribution in [0.25, 0.3) is 0 Å². The second-order valence-electron chi connectivity index (χ2n) is 6.85. The monoisotopic (exact) mass is 410 g/mol. The lowest BCUT2D eigenvalue weighted by molar-refractivity contribution is -0.147. The van der Waals surface area contributed by atoms with E-state index in [0.717, 1.165) is 0 Å². The molecule has 1 fully saturated rings. The Hall–Kier alpha value is -1.24. The van der Waals surface area contributed by atoms with Crippen LogP contribution in [0.15, 0.2) is 10.6 Å². The van der Waals surface area contributed by atoms with Gasteiger partial charge in [-0.1, -0.05) is 37.0 Å². The van der Waals surface area contributed by atoms with E-state index in [2.05, 4.69) is 4.74 Å². The Morgan fingerprint density at radius 1 is 1.12 bits per heavy atom. The minimum absolute atomic E-state index is 0.0399. The molecule has 0 aromatic heterocycles. The van der Waals surface area contributed by atoms with Gasteiger partial charge in [0.2, 0.25) is 0 Å². The van der Waals surface area contributed by atoms with E-state index in [1.165, 1.54) is 14.0 Å². The van der Waals surface area contributed by atoms with Gasteiger partial charge in [-0.15, -0.1) is 0 Å². The van der Waals surface area contributed by atoms with Gasteiger partial charge < -0.3 is 9.47 Å². The van der Waals surface area contributed by atoms with E-state index in [4.69, 9.17) is 27.9 Å². The van der Waals surface area contributed by atoms with E-state index in [1.807, 2.05) is 13.8 Å². The maximum atomic E-state index is 14.3. The van der Waals surface area contributed by atoms with Crippen LogP contribution in [0.4, 0.5) is 13.2 Å². The largest absolute Gasteiger partial charge is 0.460 e. The SMILES string of the molecule is COCc1c(F)c(C)c(COC(=O)[C@@H]2C(C=C(Cl)Cl)C2(C)C)c(F)c1F. The molecule has 0 spiro atoms. The highest BCUT2D eigenvalue weighted by Crippen LogP contribution is 2.60. The van der Waals surface area contributed by atoms with Crippen molar-refractivity contribution < 1.29 is 27.4 Å². The Kier molecular flexibility index (Phi) is 6.31. The second-order valence-corrected chi connectivity index (χ2v) is 7.85. The third-order valence-corrected chi connectivity index (χ3v) is 5.14. The number of hydrogen-bond donors (Lipinski definition) is 0. The summed E-state index contributed by atoms with van der Waals surface area (Å²) in [5, 5.41) is 0. The zero-order valence-corrected chi connectivity index (χ0v) is 16.3. The summed E-state index contributed by atoms with van der Waals surface area (Å²) >= 11 is 11.3. The standard InChI is InChI=1S/C18H19Cl2F3O3/c1-8-9(15(22)16(23)10(6-25-4)14(8)21)7-26-17(24)13-11(5-12(19)20)18(13,2)3/h5,11,13H,6-7H2,1-4H3/t11?,13-/m0/s1. The van der Waals surface area contributed by atoms with Crippen LogP contribution in [0.3, 0.4) is 0 Å². The number of carbonyl (C=O) groups excluding carboxylic acids is 1. The number of benzene rings is 1. The maximum Gasteiger partial charge on any atom is 0.310 e. The highest BCUT2D eigenvalue weighted by Gasteiger charge is 2.61. The van der Waals surface area contributed by atoms with Crippen molar-refractivity contribution in [1.82, 2.24) is 0 Å². The summed E-state index contributed by atoms with van der Waals surface area (Å²) in [5.74, 6) is -4.85. The molecule has 26 heavy (non-hydrogen) atoms. The van der Waals surface area contributed by atoms with Crippen molar-refractivity contribution >= 4 is 29.2 Å². The first-order valence-corrected chi connectivity index (χ1v) is 8.62. The van der Waals surface area contributed by atoms with E-state index in [-0.39, 0.29) is 21.5 Å². The summed E-state index contributed by atoms with van der Waals surface area (Å²) in [6.45, 7) is 3.98. The lowest BCUT2D eigenvalue weighted by Crippen LogP contribution is -2.14. The van der Waals surface area contributed by atoms with Gasteiger partial charge >= 0.3 is 5.97 Å². The Balaban J connectivity index is 2.18. The molecule has 8 heteroatoms. The van der Waals surface area contributed by atoms with Crippen LogP contribution in [-0.4, -0.2) is 13.1 Å². The van der Waals surface area contributed by atoms with Gasteiger partial charge in [-0.2, -0.15) is 0 Å². The fourth-order valence-electron chi connectivity index (χ4n) is 3.14. The number of esters is 1. The van der Waals surface area contributed by atoms with Crippen molar-refractivity contribution in [3.63, 3.8) is 0 Å². The van der Waals surface area contributed by atoms with E-state index in [9.17, 15) is 18.0 Å². The molecule has 144 valence electrons. The molecule has 0 aliphatic heterocycles. The molecular formula is C18H19Cl2F3O3. The first-order valence-electron chi connectivity index (χ1n) is 7.87. The average Bonchev–Trinajstić information content (AvgIpc) is 3.09. The van der Waals surface area contributed by atoms with Crippen LogP contribution in [0.5, 0.6) is 0 Å². The van der Waals surface area contributed by atoms with Gasteiger partial charge in [0, 0.05) is 12.7 Å². The summed E-state index contributed by atoms with van der Waals surface area (Å²) in [5.41, 5.74) is -1.38. The van der Waals surface area contributed by atoms with Crippen LogP contribution in [0.2, 0.25) is 0 Å². The second kappa shape index (κ2) is 7.79. The number of methoxy groups -OCH3 is 1. The number of ether oxygens (including phenoxy) is 2. The maximum absolute atomic E-state index is 14.3. The molecule has 1 unspecified atom stereocenters. The van der Waals surface area contributed by atoms with Crippen LogP contribution < -0.4 is 0 Å². The van der Waals surface area contributed by atoms with Gasteiger partial charge in [0.1, 0.15) is 16.9 Å². The number of carbonyl (C=O) groups is 1. The number of allylic oxidation sites excluding steroid dienone is 1. The molecule has 1 saturated carbocycles. The molecule has 2 atom stereocenters. The van der Waals surface area contributed by atoms with Crippen molar-refractivity contribution in [2.75, 3.05) is 7.11 Å². The van der Waals surface area contributed by atoms with Crippen molar-refractivity contribution in [2.24, 2.45) is 17.3 Å². The molecule has 1 aliphatic rings. The molecule has 2 rings (SSSR count). The zero-order chi connectivity index (χ0) is 19.8. The fourth-order valence-corrected chi connectivity index (χ4v) is 3.41. The van der Waals surface area contributed by atoms with E-state index >= 15 is 0 Å². The van der Waals surface area contributed by atoms with Crippen molar-refractivity contribution in [1.29, 1.82) is 0 Å². The molecule has 0 N–H and O–H groups in total. The van der Waals surface area contributed by atoms with E-state index in [1.54, 1.807) is 6.08 Å². The molecule has 1 aromatic carbocycles. The van der Waals surface area contributed by atoms with Gasteiger partial charge in [-0.3, -0.25) is 4.79 Å². The number of hydrogen-bond acceptors (Lipinski definition) is 3. The Bertz CT molecular complexity index is 730. The number of halogens is 5. The topological polar surface area (TPSA) is 35.5 Å². The number of rotatable bonds is 6. The Morgan fingerprint density at radius 2 is 1.69 bits per heavy atom. The van der Waals surface area contributed by atoms with Crippen molar-refractivity contribution in [3.8, 4) is 0 Å². The predicted octanol–water partition coefficient (Wildman–Crippen LogP) is 5.19. The van der Waals surface area contributed by atoms with Crippen LogP contribution in [0.1, 0.15) is 30.5 Å². The highest BCUT2D eigenvalue weighted by atomic mass is 35.5. The van der Waals surface area contributed by atoms with Crippen molar-refractivity contribution in [3.05, 3.63) is 44.7 Å². The lowest BCUT2D eigenvalue weighted by Gasteiger charge is -2.14. The highest BCUT2D eigenvalue weighted by molar-refractivity contribution is 6.55. The smallest absolute Gasteiger partial charge is 0.310 e. The third kappa shape index (κ3) is 3.87. The van der Waals surface area contributed by atoms with Crippen LogP contribution in [-0.2, 0) is 27.5 Å². The lowest BCUT2D eigenvalue weighted by atomic mass is 10.0. The summed E-state index contributed by atoms with van der Waals surface area (Å²) in [7, 11) is 1.25. The molecule has 0 amide bonds. The first kappa shape index (κ1) is 21.1. The summed E-state index contributed by atoms with van der Waals surface area (Å²) in [6.07, 6.45) is 1.54. The van der Waals surface area contributed by atoms with Crippen LogP contribution in [0, 0.1) is 41.6 Å². The quantitative estimate of drug-likeness (QED) is 0.477. The molecule has 0 saturated heterocycles. The summed E-state index contributed by atoms with van der Waals surface area (Å²) in [4.78, 5) is 12.3. The minimum Gasteiger partial charge on any atom is -0.460 e. The van der Waals surface area contributed by atoms with E-state index in [0.29, 0.717) is 0 Å². The molecule has 1 aliphatic carbocycles. The first-order chi connectivity index (χ1) is 12.0. The van der Waals surface area contributed by atoms with Gasteiger partial charge in [-0.05, 0) is 29.9 Å². The van der Waals surface area contributed by atoms with Crippen molar-refractivity contribution in [2.45, 2.75) is 34.0 Å². The van der Waals surface area contributed by atoms with Gasteiger partial charge in [0.15, 0.2) is 11.6 Å². The fraction of sp³-hybridized carbons (Fsp3) is 0.500. The van der Waals surface area contributed by atoms with Gasteiger partial charge in [0.05, 0.1) is 18.1 Å². The third-order valence-electron chi connectivity index (χ3n) is 4.89. The Labute approximate surface area is 160 Å². The Morgan fingerprint density at radius 3 is 2.23 bits per heavy atom. The average molecular weight is 411 g/mol. The zero-order valence-electron chi connectivity index (χ0n) is 14.8. The predicted molar refractivity (Wildman–Crippen MR) is 92.1 cm³/mol. The summed E-state index contributed by atoms with van der Waals surface area (Å²) < 4.78 is 52.4. The molecule has 0 radical (unpaired) electrons. The normalized spacial score (nSPS) is 20.7. The summed E-state index contributed by atoms with van der Waals surface area (Å²) in [6, 6.07) is 0. The molecule has 0 heterocycles. The molecule has 0 bridgehead atoms. The van der Waals surface area contributed by atoms with Gasteiger partial charge in [-0.25, -0.2) is 13.2 Å². The molecule has 3 nitrogen and oxygen atoms in total. The van der Waals surface area contributed by atoms with E-state index < -0.39 is 53.5 Å². The van der Waals surface area contributed by atoms with Gasteiger partial charge in [0.25, 0.3) is 0 Å². The molecular weight excluding hydrogens is 392 g/mol. The molecule has 1 aromatic rings.